The van der Waals surface area contributed by atoms with Crippen LogP contribution in [0.1, 0.15) is 19.8 Å². The molecule has 4 heteroatoms. The van der Waals surface area contributed by atoms with Crippen LogP contribution in [0.5, 0.6) is 0 Å². The standard InChI is InChI=1S/C10H17NO3/c1-8(12)11-6-9(13)10(7-11)2-4-14-5-3-10/h9,13H,2-7H2,1H3. The van der Waals surface area contributed by atoms with Crippen LogP contribution in [0.3, 0.4) is 0 Å². The lowest BCUT2D eigenvalue weighted by Gasteiger charge is -2.35. The summed E-state index contributed by atoms with van der Waals surface area (Å²) in [5, 5.41) is 9.97. The van der Waals surface area contributed by atoms with Crippen molar-refractivity contribution in [2.45, 2.75) is 25.9 Å². The van der Waals surface area contributed by atoms with Crippen molar-refractivity contribution in [3.05, 3.63) is 0 Å². The van der Waals surface area contributed by atoms with Crippen molar-refractivity contribution >= 4 is 5.91 Å². The normalized spacial score (nSPS) is 31.0. The third-order valence-corrected chi connectivity index (χ3v) is 3.54. The molecule has 4 nitrogen and oxygen atoms in total. The Morgan fingerprint density at radius 1 is 1.50 bits per heavy atom. The van der Waals surface area contributed by atoms with E-state index in [1.165, 1.54) is 0 Å². The van der Waals surface area contributed by atoms with E-state index in [0.717, 1.165) is 12.8 Å². The van der Waals surface area contributed by atoms with Crippen molar-refractivity contribution in [1.82, 2.24) is 4.90 Å². The highest BCUT2D eigenvalue weighted by Crippen LogP contribution is 2.39. The molecule has 1 unspecified atom stereocenters. The van der Waals surface area contributed by atoms with Gasteiger partial charge in [0.25, 0.3) is 0 Å². The molecule has 2 saturated heterocycles. The maximum absolute atomic E-state index is 11.2. The van der Waals surface area contributed by atoms with E-state index in [2.05, 4.69) is 0 Å². The van der Waals surface area contributed by atoms with Gasteiger partial charge in [0.15, 0.2) is 0 Å². The molecule has 1 atom stereocenters. The molecule has 1 spiro atoms. The van der Waals surface area contributed by atoms with Gasteiger partial charge in [0.05, 0.1) is 6.10 Å². The zero-order valence-electron chi connectivity index (χ0n) is 8.53. The van der Waals surface area contributed by atoms with Crippen molar-refractivity contribution in [1.29, 1.82) is 0 Å². The van der Waals surface area contributed by atoms with Crippen molar-refractivity contribution in [2.75, 3.05) is 26.3 Å². The van der Waals surface area contributed by atoms with E-state index in [9.17, 15) is 9.90 Å². The summed E-state index contributed by atoms with van der Waals surface area (Å²) in [7, 11) is 0. The van der Waals surface area contributed by atoms with E-state index in [1.54, 1.807) is 11.8 Å². The summed E-state index contributed by atoms with van der Waals surface area (Å²) in [6.45, 7) is 4.18. The quantitative estimate of drug-likeness (QED) is 0.597. The predicted octanol–water partition coefficient (Wildman–Crippen LogP) is 0.00620. The Balaban J connectivity index is 2.08. The fourth-order valence-corrected chi connectivity index (χ4v) is 2.46. The minimum atomic E-state index is -0.365. The largest absolute Gasteiger partial charge is 0.391 e. The van der Waals surface area contributed by atoms with Crippen molar-refractivity contribution in [3.8, 4) is 0 Å². The zero-order valence-corrected chi connectivity index (χ0v) is 8.53. The lowest BCUT2D eigenvalue weighted by atomic mass is 9.77. The first-order valence-corrected chi connectivity index (χ1v) is 5.15. The first kappa shape index (κ1) is 9.93. The molecule has 0 radical (unpaired) electrons. The SMILES string of the molecule is CC(=O)N1CC(O)C2(CCOCC2)C1. The van der Waals surface area contributed by atoms with Crippen LogP contribution in [-0.4, -0.2) is 48.3 Å². The fourth-order valence-electron chi connectivity index (χ4n) is 2.46. The Hall–Kier alpha value is -0.610. The van der Waals surface area contributed by atoms with Crippen LogP contribution in [0, 0.1) is 5.41 Å². The molecule has 0 bridgehead atoms. The zero-order chi connectivity index (χ0) is 10.2. The number of rotatable bonds is 0. The molecular weight excluding hydrogens is 182 g/mol. The number of hydrogen-bond donors (Lipinski definition) is 1. The Bertz CT molecular complexity index is 236. The second-order valence-corrected chi connectivity index (χ2v) is 4.39. The van der Waals surface area contributed by atoms with Gasteiger partial charge in [-0.25, -0.2) is 0 Å². The van der Waals surface area contributed by atoms with Crippen LogP contribution in [0.2, 0.25) is 0 Å². The smallest absolute Gasteiger partial charge is 0.219 e. The van der Waals surface area contributed by atoms with E-state index in [0.29, 0.717) is 26.3 Å². The first-order chi connectivity index (χ1) is 6.64. The van der Waals surface area contributed by atoms with Gasteiger partial charge in [-0.1, -0.05) is 0 Å². The van der Waals surface area contributed by atoms with Gasteiger partial charge in [0.2, 0.25) is 5.91 Å². The number of ether oxygens (including phenoxy) is 1. The average molecular weight is 199 g/mol. The van der Waals surface area contributed by atoms with Crippen LogP contribution in [0.25, 0.3) is 0 Å². The Kier molecular flexibility index (Phi) is 2.49. The summed E-state index contributed by atoms with van der Waals surface area (Å²) in [5.74, 6) is 0.0624. The van der Waals surface area contributed by atoms with E-state index in [4.69, 9.17) is 4.74 Å². The molecule has 2 fully saturated rings. The molecule has 1 N–H and O–H groups in total. The highest BCUT2D eigenvalue weighted by molar-refractivity contribution is 5.73. The molecule has 1 amide bonds. The van der Waals surface area contributed by atoms with Crippen LogP contribution < -0.4 is 0 Å². The molecule has 0 aromatic rings. The van der Waals surface area contributed by atoms with Crippen LogP contribution in [0.4, 0.5) is 0 Å². The Labute approximate surface area is 83.8 Å². The maximum atomic E-state index is 11.2. The van der Waals surface area contributed by atoms with Crippen LogP contribution in [-0.2, 0) is 9.53 Å². The van der Waals surface area contributed by atoms with E-state index in [-0.39, 0.29) is 17.4 Å². The van der Waals surface area contributed by atoms with Crippen LogP contribution >= 0.6 is 0 Å². The molecule has 0 saturated carbocycles. The van der Waals surface area contributed by atoms with E-state index in [1.807, 2.05) is 0 Å². The third-order valence-electron chi connectivity index (χ3n) is 3.54. The fraction of sp³-hybridized carbons (Fsp3) is 0.900. The molecule has 0 aromatic heterocycles. The van der Waals surface area contributed by atoms with Gasteiger partial charge >= 0.3 is 0 Å². The number of carbonyl (C=O) groups excluding carboxylic acids is 1. The molecule has 2 heterocycles. The molecular formula is C10H17NO3. The van der Waals surface area contributed by atoms with Crippen LogP contribution in [0.15, 0.2) is 0 Å². The molecule has 0 aliphatic carbocycles. The van der Waals surface area contributed by atoms with E-state index < -0.39 is 0 Å². The Morgan fingerprint density at radius 3 is 2.64 bits per heavy atom. The molecule has 2 rings (SSSR count). The monoisotopic (exact) mass is 199 g/mol. The van der Waals surface area contributed by atoms with E-state index >= 15 is 0 Å². The van der Waals surface area contributed by atoms with Gasteiger partial charge in [-0.2, -0.15) is 0 Å². The number of hydrogen-bond acceptors (Lipinski definition) is 3. The lowest BCUT2D eigenvalue weighted by molar-refractivity contribution is -0.128. The number of likely N-dealkylation sites (tertiary alicyclic amines) is 1. The molecule has 80 valence electrons. The van der Waals surface area contributed by atoms with Gasteiger partial charge in [-0.15, -0.1) is 0 Å². The lowest BCUT2D eigenvalue weighted by Crippen LogP contribution is -2.39. The second-order valence-electron chi connectivity index (χ2n) is 4.39. The minimum absolute atomic E-state index is 0.0624. The summed E-state index contributed by atoms with van der Waals surface area (Å²) in [4.78, 5) is 12.9. The number of β-amino-alcohol motifs (C(OH)–C–C–N with tert-alkyl or cyclic N) is 1. The van der Waals surface area contributed by atoms with Gasteiger partial charge < -0.3 is 14.7 Å². The second kappa shape index (κ2) is 3.51. The number of amides is 1. The number of carbonyl (C=O) groups is 1. The third kappa shape index (κ3) is 1.53. The predicted molar refractivity (Wildman–Crippen MR) is 50.7 cm³/mol. The molecule has 0 aromatic carbocycles. The molecule has 2 aliphatic rings. The highest BCUT2D eigenvalue weighted by atomic mass is 16.5. The van der Waals surface area contributed by atoms with Gasteiger partial charge in [-0.05, 0) is 12.8 Å². The summed E-state index contributed by atoms with van der Waals surface area (Å²) < 4.78 is 5.29. The molecule has 14 heavy (non-hydrogen) atoms. The van der Waals surface area contributed by atoms with Crippen molar-refractivity contribution < 1.29 is 14.6 Å². The van der Waals surface area contributed by atoms with Gasteiger partial charge in [-0.3, -0.25) is 4.79 Å². The summed E-state index contributed by atoms with van der Waals surface area (Å²) in [5.41, 5.74) is -0.0794. The van der Waals surface area contributed by atoms with Gasteiger partial charge in [0.1, 0.15) is 0 Å². The summed E-state index contributed by atoms with van der Waals surface area (Å²) in [6.07, 6.45) is 1.38. The van der Waals surface area contributed by atoms with Crippen molar-refractivity contribution in [3.63, 3.8) is 0 Å². The molecule has 2 aliphatic heterocycles. The highest BCUT2D eigenvalue weighted by Gasteiger charge is 2.47. The van der Waals surface area contributed by atoms with Gasteiger partial charge in [0, 0.05) is 38.6 Å². The number of aliphatic hydroxyl groups is 1. The average Bonchev–Trinajstić information content (AvgIpc) is 2.46. The maximum Gasteiger partial charge on any atom is 0.219 e. The topological polar surface area (TPSA) is 49.8 Å². The van der Waals surface area contributed by atoms with Crippen molar-refractivity contribution in [2.24, 2.45) is 5.41 Å². The summed E-state index contributed by atoms with van der Waals surface area (Å²) in [6, 6.07) is 0. The minimum Gasteiger partial charge on any atom is -0.391 e. The first-order valence-electron chi connectivity index (χ1n) is 5.15. The Morgan fingerprint density at radius 2 is 2.14 bits per heavy atom. The number of nitrogens with zero attached hydrogens (tertiary/aromatic N) is 1. The number of aliphatic hydroxyl groups excluding tert-OH is 1. The summed E-state index contributed by atoms with van der Waals surface area (Å²) >= 11 is 0.